The topological polar surface area (TPSA) is 57.9 Å². The number of H-pyrrole nitrogens is 1. The summed E-state index contributed by atoms with van der Waals surface area (Å²) in [7, 11) is 1.86. The number of halogens is 4. The largest absolute Gasteiger partial charge is 0.419 e. The molecule has 3 N–H and O–H groups in total. The molecule has 0 saturated carbocycles. The molecule has 0 amide bonds. The lowest BCUT2D eigenvalue weighted by molar-refractivity contribution is -0.139. The molecule has 1 aromatic heterocycles. The zero-order chi connectivity index (χ0) is 17.2. The molecule has 0 bridgehead atoms. The first-order valence-corrected chi connectivity index (χ1v) is 7.04. The monoisotopic (exact) mass is 330 g/mol. The Morgan fingerprint density at radius 3 is 2.65 bits per heavy atom. The van der Waals surface area contributed by atoms with Gasteiger partial charge in [0, 0.05) is 36.5 Å². The van der Waals surface area contributed by atoms with Gasteiger partial charge in [0.2, 0.25) is 0 Å². The number of rotatable bonds is 5. The first-order chi connectivity index (χ1) is 10.7. The molecule has 23 heavy (non-hydrogen) atoms. The summed E-state index contributed by atoms with van der Waals surface area (Å²) in [5, 5.41) is 6.65. The molecule has 1 atom stereocenters. The number of nitrogens with two attached hydrogens (primary N) is 1. The van der Waals surface area contributed by atoms with Crippen molar-refractivity contribution in [2.75, 3.05) is 13.6 Å². The van der Waals surface area contributed by atoms with Gasteiger partial charge < -0.3 is 5.73 Å². The summed E-state index contributed by atoms with van der Waals surface area (Å²) < 4.78 is 51.9. The zero-order valence-corrected chi connectivity index (χ0v) is 12.8. The number of alkyl halides is 3. The van der Waals surface area contributed by atoms with E-state index in [0.29, 0.717) is 24.3 Å². The van der Waals surface area contributed by atoms with E-state index >= 15 is 0 Å². The van der Waals surface area contributed by atoms with Crippen molar-refractivity contribution in [2.24, 2.45) is 5.73 Å². The van der Waals surface area contributed by atoms with Crippen LogP contribution in [0.1, 0.15) is 18.1 Å². The molecule has 0 aliphatic carbocycles. The molecule has 2 aromatic rings. The molecule has 4 nitrogen and oxygen atoms in total. The maximum atomic E-state index is 13.4. The van der Waals surface area contributed by atoms with Gasteiger partial charge in [0.25, 0.3) is 0 Å². The van der Waals surface area contributed by atoms with Crippen LogP contribution in [0.25, 0.3) is 11.3 Å². The quantitative estimate of drug-likeness (QED) is 0.829. The van der Waals surface area contributed by atoms with Crippen molar-refractivity contribution in [3.63, 3.8) is 0 Å². The fraction of sp³-hybridized carbons (Fsp3) is 0.400. The molecule has 0 fully saturated rings. The molecule has 0 spiro atoms. The van der Waals surface area contributed by atoms with E-state index in [1.54, 1.807) is 6.20 Å². The van der Waals surface area contributed by atoms with Crippen LogP contribution < -0.4 is 5.73 Å². The average Bonchev–Trinajstić information content (AvgIpc) is 2.93. The van der Waals surface area contributed by atoms with Crippen molar-refractivity contribution in [3.8, 4) is 11.3 Å². The number of nitrogens with zero attached hydrogens (tertiary/aromatic N) is 2. The van der Waals surface area contributed by atoms with Gasteiger partial charge in [-0.05, 0) is 32.2 Å². The van der Waals surface area contributed by atoms with Crippen LogP contribution in [0.2, 0.25) is 0 Å². The molecular formula is C15H18F4N4. The summed E-state index contributed by atoms with van der Waals surface area (Å²) >= 11 is 0. The molecule has 1 unspecified atom stereocenters. The molecule has 126 valence electrons. The number of aromatic amines is 1. The minimum Gasteiger partial charge on any atom is -0.329 e. The SMILES string of the molecule is CC(CN)N(C)Cc1c[nH]nc1-c1ccc(F)c(C(F)(F)F)c1. The van der Waals surface area contributed by atoms with Crippen LogP contribution in [0.3, 0.4) is 0 Å². The summed E-state index contributed by atoms with van der Waals surface area (Å²) in [6.45, 7) is 2.86. The minimum atomic E-state index is -4.75. The molecule has 2 rings (SSSR count). The second kappa shape index (κ2) is 6.67. The highest BCUT2D eigenvalue weighted by molar-refractivity contribution is 5.63. The van der Waals surface area contributed by atoms with Crippen LogP contribution in [0.5, 0.6) is 0 Å². The van der Waals surface area contributed by atoms with E-state index in [4.69, 9.17) is 5.73 Å². The Hall–Kier alpha value is -1.93. The van der Waals surface area contributed by atoms with Gasteiger partial charge in [-0.25, -0.2) is 4.39 Å². The standard InChI is InChI=1S/C15H18F4N4/c1-9(6-20)23(2)8-11-7-21-22-14(11)10-3-4-13(16)12(5-10)15(17,18)19/h3-5,7,9H,6,8,20H2,1-2H3,(H,21,22). The second-order valence-corrected chi connectivity index (χ2v) is 5.45. The number of hydrogen-bond acceptors (Lipinski definition) is 3. The molecule has 0 aliphatic rings. The Morgan fingerprint density at radius 1 is 1.35 bits per heavy atom. The van der Waals surface area contributed by atoms with Crippen molar-refractivity contribution in [3.05, 3.63) is 41.3 Å². The summed E-state index contributed by atoms with van der Waals surface area (Å²) in [5.41, 5.74) is 5.60. The van der Waals surface area contributed by atoms with E-state index in [1.165, 1.54) is 6.07 Å². The Labute approximate surface area is 131 Å². The Kier molecular flexibility index (Phi) is 5.06. The van der Waals surface area contributed by atoms with Gasteiger partial charge in [-0.2, -0.15) is 18.3 Å². The average molecular weight is 330 g/mol. The van der Waals surface area contributed by atoms with Crippen molar-refractivity contribution in [2.45, 2.75) is 25.7 Å². The summed E-state index contributed by atoms with van der Waals surface area (Å²) in [6.07, 6.45) is -3.13. The first kappa shape index (κ1) is 17.4. The maximum Gasteiger partial charge on any atom is 0.419 e. The third-order valence-corrected chi connectivity index (χ3v) is 3.78. The van der Waals surface area contributed by atoms with Crippen LogP contribution >= 0.6 is 0 Å². The summed E-state index contributed by atoms with van der Waals surface area (Å²) in [6, 6.07) is 2.98. The van der Waals surface area contributed by atoms with Gasteiger partial charge in [-0.1, -0.05) is 0 Å². The predicted octanol–water partition coefficient (Wildman–Crippen LogP) is 3.01. The van der Waals surface area contributed by atoms with E-state index < -0.39 is 17.6 Å². The van der Waals surface area contributed by atoms with Gasteiger partial charge in [0.1, 0.15) is 5.82 Å². The van der Waals surface area contributed by atoms with E-state index in [0.717, 1.165) is 12.1 Å². The van der Waals surface area contributed by atoms with Crippen LogP contribution in [0.15, 0.2) is 24.4 Å². The maximum absolute atomic E-state index is 13.4. The van der Waals surface area contributed by atoms with E-state index in [1.807, 2.05) is 18.9 Å². The van der Waals surface area contributed by atoms with Crippen LogP contribution in [-0.4, -0.2) is 34.7 Å². The van der Waals surface area contributed by atoms with E-state index in [2.05, 4.69) is 10.2 Å². The lowest BCUT2D eigenvalue weighted by Crippen LogP contribution is -2.34. The number of likely N-dealkylation sites (N-methyl/N-ethyl adjacent to an activating group) is 1. The number of benzene rings is 1. The highest BCUT2D eigenvalue weighted by atomic mass is 19.4. The Morgan fingerprint density at radius 2 is 2.04 bits per heavy atom. The van der Waals surface area contributed by atoms with Crippen molar-refractivity contribution < 1.29 is 17.6 Å². The van der Waals surface area contributed by atoms with E-state index in [-0.39, 0.29) is 11.6 Å². The molecule has 0 radical (unpaired) electrons. The normalized spacial score (nSPS) is 13.6. The van der Waals surface area contributed by atoms with Crippen LogP contribution in [0.4, 0.5) is 17.6 Å². The van der Waals surface area contributed by atoms with Gasteiger partial charge in [-0.15, -0.1) is 0 Å². The zero-order valence-electron chi connectivity index (χ0n) is 12.8. The molecule has 0 saturated heterocycles. The molecule has 0 aliphatic heterocycles. The van der Waals surface area contributed by atoms with Crippen molar-refractivity contribution >= 4 is 0 Å². The molecule has 1 aromatic carbocycles. The molecular weight excluding hydrogens is 312 g/mol. The van der Waals surface area contributed by atoms with E-state index in [9.17, 15) is 17.6 Å². The lowest BCUT2D eigenvalue weighted by Gasteiger charge is -2.23. The number of hydrogen-bond donors (Lipinski definition) is 2. The minimum absolute atomic E-state index is 0.108. The smallest absolute Gasteiger partial charge is 0.329 e. The van der Waals surface area contributed by atoms with Gasteiger partial charge in [0.05, 0.1) is 11.3 Å². The fourth-order valence-corrected chi connectivity index (χ4v) is 2.18. The highest BCUT2D eigenvalue weighted by Gasteiger charge is 2.34. The Bertz CT molecular complexity index is 666. The van der Waals surface area contributed by atoms with Gasteiger partial charge >= 0.3 is 6.18 Å². The van der Waals surface area contributed by atoms with Gasteiger partial charge in [0.15, 0.2) is 0 Å². The highest BCUT2D eigenvalue weighted by Crippen LogP contribution is 2.34. The van der Waals surface area contributed by atoms with Crippen LogP contribution in [0, 0.1) is 5.82 Å². The van der Waals surface area contributed by atoms with Crippen molar-refractivity contribution in [1.29, 1.82) is 0 Å². The van der Waals surface area contributed by atoms with Crippen molar-refractivity contribution in [1.82, 2.24) is 15.1 Å². The van der Waals surface area contributed by atoms with Gasteiger partial charge in [-0.3, -0.25) is 10.00 Å². The lowest BCUT2D eigenvalue weighted by atomic mass is 10.0. The Balaban J connectivity index is 2.36. The fourth-order valence-electron chi connectivity index (χ4n) is 2.18. The first-order valence-electron chi connectivity index (χ1n) is 7.04. The molecule has 8 heteroatoms. The van der Waals surface area contributed by atoms with Crippen LogP contribution in [-0.2, 0) is 12.7 Å². The number of nitrogens with one attached hydrogen (secondary N) is 1. The molecule has 1 heterocycles. The number of aromatic nitrogens is 2. The summed E-state index contributed by atoms with van der Waals surface area (Å²) in [4.78, 5) is 1.96. The third-order valence-electron chi connectivity index (χ3n) is 3.78. The predicted molar refractivity (Wildman–Crippen MR) is 79.0 cm³/mol. The summed E-state index contributed by atoms with van der Waals surface area (Å²) in [5.74, 6) is -1.30. The second-order valence-electron chi connectivity index (χ2n) is 5.45. The third kappa shape index (κ3) is 3.89.